The topological polar surface area (TPSA) is 55.1 Å². The van der Waals surface area contributed by atoms with E-state index in [0.29, 0.717) is 37.6 Å². The number of methoxy groups -OCH3 is 1. The molecule has 6 heteroatoms. The zero-order valence-electron chi connectivity index (χ0n) is 16.5. The van der Waals surface area contributed by atoms with Crippen LogP contribution in [0.3, 0.4) is 0 Å². The molecule has 3 aromatic rings. The minimum absolute atomic E-state index is 0.164. The fraction of sp³-hybridized carbons (Fsp3) is 0.304. The fourth-order valence-electron chi connectivity index (χ4n) is 3.08. The summed E-state index contributed by atoms with van der Waals surface area (Å²) in [6.45, 7) is 1.76. The van der Waals surface area contributed by atoms with Gasteiger partial charge in [0.15, 0.2) is 0 Å². The van der Waals surface area contributed by atoms with Crippen molar-refractivity contribution in [3.8, 4) is 5.75 Å². The zero-order valence-corrected chi connectivity index (χ0v) is 16.5. The van der Waals surface area contributed by atoms with Crippen LogP contribution < -0.4 is 4.74 Å². The molecule has 1 atom stereocenters. The summed E-state index contributed by atoms with van der Waals surface area (Å²) in [6.07, 6.45) is 0.870. The summed E-state index contributed by atoms with van der Waals surface area (Å²) in [5.41, 5.74) is 1.63. The molecule has 0 bridgehead atoms. The maximum atomic E-state index is 14.1. The number of aliphatic hydroxyl groups excluding tert-OH is 1. The van der Waals surface area contributed by atoms with Gasteiger partial charge in [-0.25, -0.2) is 4.39 Å². The molecule has 2 aromatic carbocycles. The highest BCUT2D eigenvalue weighted by Crippen LogP contribution is 2.16. The summed E-state index contributed by atoms with van der Waals surface area (Å²) in [5.74, 6) is 1.23. The van der Waals surface area contributed by atoms with Crippen LogP contribution in [0.4, 0.5) is 4.39 Å². The molecule has 0 saturated heterocycles. The van der Waals surface area contributed by atoms with Crippen LogP contribution >= 0.6 is 0 Å². The van der Waals surface area contributed by atoms with E-state index in [9.17, 15) is 9.50 Å². The molecular weight excluding hydrogens is 373 g/mol. The minimum atomic E-state index is -0.713. The van der Waals surface area contributed by atoms with Crippen LogP contribution in [0.5, 0.6) is 5.75 Å². The molecular formula is C23H26FNO4. The Morgan fingerprint density at radius 2 is 1.83 bits per heavy atom. The third-order valence-corrected chi connectivity index (χ3v) is 4.52. The van der Waals surface area contributed by atoms with Gasteiger partial charge in [-0.3, -0.25) is 4.90 Å². The first kappa shape index (κ1) is 21.0. The van der Waals surface area contributed by atoms with Gasteiger partial charge in [-0.15, -0.1) is 0 Å². The second-order valence-corrected chi connectivity index (χ2v) is 6.86. The summed E-state index contributed by atoms with van der Waals surface area (Å²) in [4.78, 5) is 2.00. The van der Waals surface area contributed by atoms with Gasteiger partial charge >= 0.3 is 0 Å². The number of hydrogen-bond donors (Lipinski definition) is 1. The second kappa shape index (κ2) is 10.8. The van der Waals surface area contributed by atoms with Gasteiger partial charge in [-0.05, 0) is 35.9 Å². The Balaban J connectivity index is 1.61. The molecule has 0 fully saturated rings. The van der Waals surface area contributed by atoms with Gasteiger partial charge in [-0.1, -0.05) is 30.3 Å². The van der Waals surface area contributed by atoms with Crippen LogP contribution in [0.1, 0.15) is 16.9 Å². The van der Waals surface area contributed by atoms with Crippen LogP contribution in [0.2, 0.25) is 0 Å². The molecule has 0 saturated carbocycles. The molecule has 0 aliphatic rings. The number of rotatable bonds is 11. The van der Waals surface area contributed by atoms with Crippen LogP contribution in [0, 0.1) is 5.82 Å². The van der Waals surface area contributed by atoms with E-state index < -0.39 is 6.10 Å². The lowest BCUT2D eigenvalue weighted by molar-refractivity contribution is 0.00238. The van der Waals surface area contributed by atoms with Crippen molar-refractivity contribution in [2.75, 3.05) is 20.3 Å². The van der Waals surface area contributed by atoms with Crippen LogP contribution in [-0.4, -0.2) is 36.4 Å². The fourth-order valence-corrected chi connectivity index (χ4v) is 3.08. The first-order valence-electron chi connectivity index (χ1n) is 9.51. The Morgan fingerprint density at radius 1 is 1.03 bits per heavy atom. The summed E-state index contributed by atoms with van der Waals surface area (Å²) in [5, 5.41) is 10.4. The van der Waals surface area contributed by atoms with Gasteiger partial charge < -0.3 is 19.0 Å². The SMILES string of the molecule is COc1ccc(CN(Cc2ccccc2F)CC(O)COCc2ccco2)cc1. The van der Waals surface area contributed by atoms with Gasteiger partial charge in [-0.2, -0.15) is 0 Å². The van der Waals surface area contributed by atoms with Crippen molar-refractivity contribution >= 4 is 0 Å². The zero-order chi connectivity index (χ0) is 20.5. The summed E-state index contributed by atoms with van der Waals surface area (Å²) in [7, 11) is 1.62. The third kappa shape index (κ3) is 6.71. The first-order valence-corrected chi connectivity index (χ1v) is 9.51. The molecule has 0 aliphatic carbocycles. The maximum Gasteiger partial charge on any atom is 0.129 e. The van der Waals surface area contributed by atoms with Crippen molar-refractivity contribution in [2.45, 2.75) is 25.8 Å². The van der Waals surface area contributed by atoms with Crippen LogP contribution in [0.25, 0.3) is 0 Å². The highest BCUT2D eigenvalue weighted by atomic mass is 19.1. The Kier molecular flexibility index (Phi) is 7.81. The van der Waals surface area contributed by atoms with Gasteiger partial charge in [0.05, 0.1) is 26.1 Å². The van der Waals surface area contributed by atoms with Crippen molar-refractivity contribution in [2.24, 2.45) is 0 Å². The Bertz CT molecular complexity index is 852. The van der Waals surface area contributed by atoms with Gasteiger partial charge in [0.25, 0.3) is 0 Å². The quantitative estimate of drug-likeness (QED) is 0.528. The van der Waals surface area contributed by atoms with E-state index in [-0.39, 0.29) is 12.4 Å². The third-order valence-electron chi connectivity index (χ3n) is 4.52. The monoisotopic (exact) mass is 399 g/mol. The molecule has 0 amide bonds. The highest BCUT2D eigenvalue weighted by Gasteiger charge is 2.15. The van der Waals surface area contributed by atoms with Gasteiger partial charge in [0, 0.05) is 25.2 Å². The summed E-state index contributed by atoms with van der Waals surface area (Å²) < 4.78 is 30.1. The average Bonchev–Trinajstić information content (AvgIpc) is 3.24. The normalized spacial score (nSPS) is 12.3. The molecule has 1 unspecified atom stereocenters. The lowest BCUT2D eigenvalue weighted by Crippen LogP contribution is -2.34. The molecule has 154 valence electrons. The number of ether oxygens (including phenoxy) is 2. The number of aliphatic hydroxyl groups is 1. The van der Waals surface area contributed by atoms with E-state index in [1.165, 1.54) is 6.07 Å². The lowest BCUT2D eigenvalue weighted by atomic mass is 10.1. The van der Waals surface area contributed by atoms with Crippen LogP contribution in [0.15, 0.2) is 71.3 Å². The number of hydrogen-bond acceptors (Lipinski definition) is 5. The van der Waals surface area contributed by atoms with E-state index in [1.807, 2.05) is 41.3 Å². The molecule has 3 rings (SSSR count). The van der Waals surface area contributed by atoms with E-state index in [1.54, 1.807) is 31.6 Å². The van der Waals surface area contributed by atoms with Gasteiger partial charge in [0.1, 0.15) is 23.9 Å². The second-order valence-electron chi connectivity index (χ2n) is 6.86. The standard InChI is InChI=1S/C23H26FNO4/c1-27-21-10-8-18(9-11-21)13-25(14-19-5-2-3-7-23(19)24)15-20(26)16-28-17-22-6-4-12-29-22/h2-12,20,26H,13-17H2,1H3. The predicted molar refractivity (Wildman–Crippen MR) is 108 cm³/mol. The summed E-state index contributed by atoms with van der Waals surface area (Å²) >= 11 is 0. The molecule has 1 aromatic heterocycles. The summed E-state index contributed by atoms with van der Waals surface area (Å²) in [6, 6.07) is 18.0. The molecule has 1 N–H and O–H groups in total. The molecule has 0 radical (unpaired) electrons. The molecule has 1 heterocycles. The molecule has 0 spiro atoms. The van der Waals surface area contributed by atoms with E-state index in [0.717, 1.165) is 11.3 Å². The van der Waals surface area contributed by atoms with Crippen molar-refractivity contribution in [1.82, 2.24) is 4.90 Å². The van der Waals surface area contributed by atoms with Gasteiger partial charge in [0.2, 0.25) is 0 Å². The van der Waals surface area contributed by atoms with Crippen molar-refractivity contribution in [3.05, 3.63) is 89.6 Å². The molecule has 0 aliphatic heterocycles. The van der Waals surface area contributed by atoms with E-state index in [2.05, 4.69) is 0 Å². The maximum absolute atomic E-state index is 14.1. The predicted octanol–water partition coefficient (Wildman–Crippen LogP) is 4.01. The smallest absolute Gasteiger partial charge is 0.129 e. The van der Waals surface area contributed by atoms with Crippen molar-refractivity contribution in [3.63, 3.8) is 0 Å². The van der Waals surface area contributed by atoms with Crippen molar-refractivity contribution in [1.29, 1.82) is 0 Å². The Hall–Kier alpha value is -2.67. The minimum Gasteiger partial charge on any atom is -0.497 e. The number of nitrogens with zero attached hydrogens (tertiary/aromatic N) is 1. The average molecular weight is 399 g/mol. The lowest BCUT2D eigenvalue weighted by Gasteiger charge is -2.25. The largest absolute Gasteiger partial charge is 0.497 e. The number of furan rings is 1. The highest BCUT2D eigenvalue weighted by molar-refractivity contribution is 5.27. The van der Waals surface area contributed by atoms with E-state index in [4.69, 9.17) is 13.9 Å². The molecule has 5 nitrogen and oxygen atoms in total. The van der Waals surface area contributed by atoms with E-state index >= 15 is 0 Å². The Morgan fingerprint density at radius 3 is 2.52 bits per heavy atom. The first-order chi connectivity index (χ1) is 14.1. The number of benzene rings is 2. The van der Waals surface area contributed by atoms with Crippen molar-refractivity contribution < 1.29 is 23.4 Å². The van der Waals surface area contributed by atoms with Crippen LogP contribution in [-0.2, 0) is 24.4 Å². The molecule has 29 heavy (non-hydrogen) atoms. The number of halogens is 1. The Labute approximate surface area is 170 Å².